The number of carbonyl (C=O) groups is 2. The summed E-state index contributed by atoms with van der Waals surface area (Å²) in [5, 5.41) is 2.65. The molecule has 1 aromatic heterocycles. The summed E-state index contributed by atoms with van der Waals surface area (Å²) < 4.78 is 13.8. The standard InChI is InChI=1S/C23H30FN7O2/c24-18-7-3-2-6-16(18)14-27-20(32)17-15-28-22(29-19(17)25)30-12-8-23(9-13-30,21(26)33)31-10-4-1-5-11-31/h2-3,6-7,15H,1,4-5,8-14H2,(H2,26,33)(H,27,32)(H2,25,28,29). The molecule has 0 atom stereocenters. The highest BCUT2D eigenvalue weighted by molar-refractivity contribution is 5.98. The lowest BCUT2D eigenvalue weighted by molar-refractivity contribution is -0.132. The molecule has 0 radical (unpaired) electrons. The van der Waals surface area contributed by atoms with Gasteiger partial charge >= 0.3 is 0 Å². The number of nitrogens with zero attached hydrogens (tertiary/aromatic N) is 4. The van der Waals surface area contributed by atoms with Crippen molar-refractivity contribution in [1.29, 1.82) is 0 Å². The summed E-state index contributed by atoms with van der Waals surface area (Å²) in [7, 11) is 0. The molecule has 2 amide bonds. The van der Waals surface area contributed by atoms with E-state index in [1.165, 1.54) is 18.7 Å². The van der Waals surface area contributed by atoms with Gasteiger partial charge in [-0.05, 0) is 44.8 Å². The second kappa shape index (κ2) is 9.70. The number of rotatable bonds is 6. The second-order valence-electron chi connectivity index (χ2n) is 8.67. The largest absolute Gasteiger partial charge is 0.383 e. The fourth-order valence-electron chi connectivity index (χ4n) is 4.74. The lowest BCUT2D eigenvalue weighted by atomic mass is 9.83. The van der Waals surface area contributed by atoms with Gasteiger partial charge in [0.2, 0.25) is 11.9 Å². The number of halogens is 1. The van der Waals surface area contributed by atoms with Crippen LogP contribution in [0, 0.1) is 5.82 Å². The fourth-order valence-corrected chi connectivity index (χ4v) is 4.74. The van der Waals surface area contributed by atoms with E-state index in [0.29, 0.717) is 37.4 Å². The summed E-state index contributed by atoms with van der Waals surface area (Å²) in [4.78, 5) is 37.8. The lowest BCUT2D eigenvalue weighted by Gasteiger charge is -2.48. The Hall–Kier alpha value is -3.27. The Bertz CT molecular complexity index is 1020. The molecule has 0 saturated carbocycles. The van der Waals surface area contributed by atoms with Crippen LogP contribution in [0.25, 0.3) is 0 Å². The van der Waals surface area contributed by atoms with E-state index in [4.69, 9.17) is 11.5 Å². The Kier molecular flexibility index (Phi) is 6.73. The van der Waals surface area contributed by atoms with Gasteiger partial charge in [0.25, 0.3) is 5.91 Å². The molecule has 176 valence electrons. The predicted molar refractivity (Wildman–Crippen MR) is 123 cm³/mol. The number of anilines is 2. The average Bonchev–Trinajstić information content (AvgIpc) is 2.84. The van der Waals surface area contributed by atoms with E-state index in [1.54, 1.807) is 18.2 Å². The number of piperidine rings is 2. The summed E-state index contributed by atoms with van der Waals surface area (Å²) in [6.07, 6.45) is 5.92. The number of likely N-dealkylation sites (tertiary alicyclic amines) is 1. The molecule has 2 fully saturated rings. The Labute approximate surface area is 192 Å². The maximum Gasteiger partial charge on any atom is 0.256 e. The molecule has 5 N–H and O–H groups in total. The maximum atomic E-state index is 13.8. The van der Waals surface area contributed by atoms with Crippen LogP contribution in [0.2, 0.25) is 0 Å². The summed E-state index contributed by atoms with van der Waals surface area (Å²) in [6, 6.07) is 6.23. The first kappa shape index (κ1) is 22.9. The third kappa shape index (κ3) is 4.75. The quantitative estimate of drug-likeness (QED) is 0.601. The minimum absolute atomic E-state index is 0.0323. The van der Waals surface area contributed by atoms with Crippen molar-refractivity contribution in [3.05, 3.63) is 47.4 Å². The summed E-state index contributed by atoms with van der Waals surface area (Å²) in [5.41, 5.74) is 11.8. The topological polar surface area (TPSA) is 130 Å². The molecule has 1 aromatic carbocycles. The Morgan fingerprint density at radius 1 is 1.09 bits per heavy atom. The van der Waals surface area contributed by atoms with Crippen LogP contribution in [0.4, 0.5) is 16.2 Å². The molecule has 0 bridgehead atoms. The van der Waals surface area contributed by atoms with E-state index in [0.717, 1.165) is 25.9 Å². The third-order valence-electron chi connectivity index (χ3n) is 6.74. The SMILES string of the molecule is NC(=O)C1(N2CCCCC2)CCN(c2ncc(C(=O)NCc3ccccc3F)c(N)n2)CC1. The van der Waals surface area contributed by atoms with Crippen molar-refractivity contribution < 1.29 is 14.0 Å². The Balaban J connectivity index is 1.40. The van der Waals surface area contributed by atoms with Crippen LogP contribution in [0.1, 0.15) is 48.0 Å². The van der Waals surface area contributed by atoms with Gasteiger partial charge in [-0.25, -0.2) is 9.37 Å². The summed E-state index contributed by atoms with van der Waals surface area (Å²) in [5.74, 6) is -0.673. The lowest BCUT2D eigenvalue weighted by Crippen LogP contribution is -2.63. The molecule has 2 aliphatic rings. The van der Waals surface area contributed by atoms with Gasteiger partial charge in [0.1, 0.15) is 17.2 Å². The van der Waals surface area contributed by atoms with Crippen molar-refractivity contribution in [2.45, 2.75) is 44.2 Å². The highest BCUT2D eigenvalue weighted by Gasteiger charge is 2.45. The van der Waals surface area contributed by atoms with E-state index in [-0.39, 0.29) is 29.7 Å². The Morgan fingerprint density at radius 2 is 1.79 bits per heavy atom. The van der Waals surface area contributed by atoms with Gasteiger partial charge in [-0.2, -0.15) is 4.98 Å². The van der Waals surface area contributed by atoms with Crippen molar-refractivity contribution in [2.75, 3.05) is 36.8 Å². The molecule has 9 nitrogen and oxygen atoms in total. The van der Waals surface area contributed by atoms with Crippen LogP contribution in [-0.4, -0.2) is 58.4 Å². The van der Waals surface area contributed by atoms with Gasteiger partial charge in [0.05, 0.1) is 5.56 Å². The van der Waals surface area contributed by atoms with Crippen molar-refractivity contribution in [1.82, 2.24) is 20.2 Å². The van der Waals surface area contributed by atoms with Gasteiger partial charge in [-0.15, -0.1) is 0 Å². The Morgan fingerprint density at radius 3 is 2.42 bits per heavy atom. The average molecular weight is 456 g/mol. The molecule has 3 heterocycles. The maximum absolute atomic E-state index is 13.8. The number of hydrogen-bond donors (Lipinski definition) is 3. The number of nitrogens with one attached hydrogen (secondary N) is 1. The van der Waals surface area contributed by atoms with Crippen molar-refractivity contribution in [2.24, 2.45) is 5.73 Å². The molecule has 0 spiro atoms. The molecule has 4 rings (SSSR count). The minimum atomic E-state index is -0.630. The molecule has 0 aliphatic carbocycles. The van der Waals surface area contributed by atoms with E-state index in [9.17, 15) is 14.0 Å². The van der Waals surface area contributed by atoms with E-state index in [1.807, 2.05) is 4.90 Å². The van der Waals surface area contributed by atoms with Gasteiger partial charge in [0, 0.05) is 31.4 Å². The normalized spacial score (nSPS) is 18.6. The molecular weight excluding hydrogens is 425 g/mol. The number of aromatic nitrogens is 2. The van der Waals surface area contributed by atoms with Crippen LogP contribution >= 0.6 is 0 Å². The second-order valence-corrected chi connectivity index (χ2v) is 8.67. The van der Waals surface area contributed by atoms with E-state index in [2.05, 4.69) is 20.2 Å². The van der Waals surface area contributed by atoms with E-state index < -0.39 is 11.4 Å². The van der Waals surface area contributed by atoms with Crippen LogP contribution in [0.3, 0.4) is 0 Å². The number of nitrogen functional groups attached to an aromatic ring is 1. The molecule has 33 heavy (non-hydrogen) atoms. The fraction of sp³-hybridized carbons (Fsp3) is 0.478. The highest BCUT2D eigenvalue weighted by Crippen LogP contribution is 2.32. The summed E-state index contributed by atoms with van der Waals surface area (Å²) >= 11 is 0. The van der Waals surface area contributed by atoms with Crippen molar-refractivity contribution >= 4 is 23.6 Å². The first-order valence-corrected chi connectivity index (χ1v) is 11.3. The van der Waals surface area contributed by atoms with Crippen LogP contribution in [-0.2, 0) is 11.3 Å². The monoisotopic (exact) mass is 455 g/mol. The molecule has 0 unspecified atom stereocenters. The predicted octanol–water partition coefficient (Wildman–Crippen LogP) is 1.44. The molecular formula is C23H30FN7O2. The number of nitrogens with two attached hydrogens (primary N) is 2. The summed E-state index contributed by atoms with van der Waals surface area (Å²) in [6.45, 7) is 2.95. The smallest absolute Gasteiger partial charge is 0.256 e. The van der Waals surface area contributed by atoms with Gasteiger partial charge < -0.3 is 21.7 Å². The van der Waals surface area contributed by atoms with Crippen molar-refractivity contribution in [3.63, 3.8) is 0 Å². The number of benzene rings is 1. The number of carbonyl (C=O) groups excluding carboxylic acids is 2. The zero-order valence-electron chi connectivity index (χ0n) is 18.6. The van der Waals surface area contributed by atoms with Gasteiger partial charge in [-0.3, -0.25) is 14.5 Å². The highest BCUT2D eigenvalue weighted by atomic mass is 19.1. The van der Waals surface area contributed by atoms with Gasteiger partial charge in [0.15, 0.2) is 0 Å². The van der Waals surface area contributed by atoms with Gasteiger partial charge in [-0.1, -0.05) is 24.6 Å². The van der Waals surface area contributed by atoms with Crippen LogP contribution in [0.5, 0.6) is 0 Å². The third-order valence-corrected chi connectivity index (χ3v) is 6.74. The zero-order chi connectivity index (χ0) is 23.4. The number of amides is 2. The van der Waals surface area contributed by atoms with Crippen LogP contribution < -0.4 is 21.7 Å². The number of primary amides is 1. The van der Waals surface area contributed by atoms with Crippen molar-refractivity contribution in [3.8, 4) is 0 Å². The molecule has 10 heteroatoms. The van der Waals surface area contributed by atoms with E-state index >= 15 is 0 Å². The first-order chi connectivity index (χ1) is 15.9. The zero-order valence-corrected chi connectivity index (χ0v) is 18.6. The molecule has 2 aliphatic heterocycles. The van der Waals surface area contributed by atoms with Crippen LogP contribution in [0.15, 0.2) is 30.5 Å². The first-order valence-electron chi connectivity index (χ1n) is 11.3. The minimum Gasteiger partial charge on any atom is -0.383 e. The molecule has 2 saturated heterocycles. The number of hydrogen-bond acceptors (Lipinski definition) is 7. The molecule has 2 aromatic rings.